The summed E-state index contributed by atoms with van der Waals surface area (Å²) in [6, 6.07) is 5.88. The van der Waals surface area contributed by atoms with Gasteiger partial charge in [-0.15, -0.1) is 0 Å². The van der Waals surface area contributed by atoms with Gasteiger partial charge in [0.1, 0.15) is 11.3 Å². The fourth-order valence-electron chi connectivity index (χ4n) is 2.12. The van der Waals surface area contributed by atoms with Crippen molar-refractivity contribution in [2.24, 2.45) is 0 Å². The molecule has 1 aromatic heterocycles. The highest BCUT2D eigenvalue weighted by Gasteiger charge is 2.15. The zero-order valence-corrected chi connectivity index (χ0v) is 9.44. The molecule has 2 aromatic rings. The fraction of sp³-hybridized carbons (Fsp3) is 0.417. The van der Waals surface area contributed by atoms with E-state index in [1.807, 2.05) is 0 Å². The Bertz CT molecular complexity index is 517. The van der Waals surface area contributed by atoms with Crippen LogP contribution in [0.2, 0.25) is 0 Å². The monoisotopic (exact) mass is 233 g/mol. The summed E-state index contributed by atoms with van der Waals surface area (Å²) in [5, 5.41) is 16.0. The first-order valence-corrected chi connectivity index (χ1v) is 5.88. The van der Waals surface area contributed by atoms with E-state index in [1.165, 1.54) is 0 Å². The second-order valence-corrected chi connectivity index (χ2v) is 4.34. The van der Waals surface area contributed by atoms with Crippen molar-refractivity contribution >= 4 is 17.1 Å². The van der Waals surface area contributed by atoms with Gasteiger partial charge in [0.05, 0.1) is 0 Å². The predicted molar refractivity (Wildman–Crippen MR) is 65.2 cm³/mol. The zero-order chi connectivity index (χ0) is 11.7. The number of phenolic OH excluding ortho intramolecular Hbond substituents is 1. The largest absolute Gasteiger partial charge is 0.508 e. The molecule has 0 unspecified atom stereocenters. The van der Waals surface area contributed by atoms with Crippen LogP contribution in [0.3, 0.4) is 0 Å². The van der Waals surface area contributed by atoms with Crippen molar-refractivity contribution in [1.82, 2.24) is 10.3 Å². The minimum Gasteiger partial charge on any atom is -0.508 e. The number of aromatic nitrogens is 1. The highest BCUT2D eigenvalue weighted by Crippen LogP contribution is 2.23. The molecule has 1 aromatic carbocycles. The SMILES string of the molecule is Oc1ccc2oc(NC3CCNCC3)nc2c1. The van der Waals surface area contributed by atoms with Crippen molar-refractivity contribution in [2.75, 3.05) is 18.4 Å². The highest BCUT2D eigenvalue weighted by atomic mass is 16.4. The fourth-order valence-corrected chi connectivity index (χ4v) is 2.12. The molecule has 90 valence electrons. The van der Waals surface area contributed by atoms with Crippen LogP contribution in [0.25, 0.3) is 11.1 Å². The first kappa shape index (κ1) is 10.4. The van der Waals surface area contributed by atoms with Crippen molar-refractivity contribution in [3.63, 3.8) is 0 Å². The average Bonchev–Trinajstić information content (AvgIpc) is 2.71. The number of benzene rings is 1. The summed E-state index contributed by atoms with van der Waals surface area (Å²) in [6.45, 7) is 2.05. The smallest absolute Gasteiger partial charge is 0.295 e. The Morgan fingerprint density at radius 1 is 1.35 bits per heavy atom. The van der Waals surface area contributed by atoms with Crippen LogP contribution in [-0.4, -0.2) is 29.2 Å². The number of piperidine rings is 1. The number of fused-ring (bicyclic) bond motifs is 1. The number of phenols is 1. The summed E-state index contributed by atoms with van der Waals surface area (Å²) in [5.41, 5.74) is 1.38. The van der Waals surface area contributed by atoms with Crippen molar-refractivity contribution in [3.05, 3.63) is 18.2 Å². The van der Waals surface area contributed by atoms with E-state index in [-0.39, 0.29) is 5.75 Å². The molecule has 1 saturated heterocycles. The molecule has 0 atom stereocenters. The molecule has 1 fully saturated rings. The maximum absolute atomic E-state index is 9.35. The van der Waals surface area contributed by atoms with E-state index in [0.29, 0.717) is 23.2 Å². The van der Waals surface area contributed by atoms with Crippen molar-refractivity contribution in [1.29, 1.82) is 0 Å². The van der Waals surface area contributed by atoms with Crippen LogP contribution in [0.5, 0.6) is 5.75 Å². The van der Waals surface area contributed by atoms with Crippen LogP contribution in [0.1, 0.15) is 12.8 Å². The van der Waals surface area contributed by atoms with E-state index in [9.17, 15) is 5.11 Å². The summed E-state index contributed by atoms with van der Waals surface area (Å²) in [6.07, 6.45) is 2.15. The molecule has 2 heterocycles. The highest BCUT2D eigenvalue weighted by molar-refractivity contribution is 5.76. The number of rotatable bonds is 2. The number of hydrogen-bond donors (Lipinski definition) is 3. The molecule has 5 nitrogen and oxygen atoms in total. The second kappa shape index (κ2) is 4.25. The topological polar surface area (TPSA) is 70.3 Å². The van der Waals surface area contributed by atoms with Gasteiger partial charge in [-0.3, -0.25) is 0 Å². The van der Waals surface area contributed by atoms with E-state index >= 15 is 0 Å². The zero-order valence-electron chi connectivity index (χ0n) is 9.44. The van der Waals surface area contributed by atoms with Gasteiger partial charge in [0, 0.05) is 12.1 Å². The Morgan fingerprint density at radius 3 is 3.00 bits per heavy atom. The number of oxazole rings is 1. The molecular formula is C12H15N3O2. The van der Waals surface area contributed by atoms with E-state index in [1.54, 1.807) is 18.2 Å². The van der Waals surface area contributed by atoms with Gasteiger partial charge in [0.15, 0.2) is 5.58 Å². The molecule has 0 bridgehead atoms. The average molecular weight is 233 g/mol. The third-order valence-electron chi connectivity index (χ3n) is 3.04. The van der Waals surface area contributed by atoms with E-state index < -0.39 is 0 Å². The molecular weight excluding hydrogens is 218 g/mol. The standard InChI is InChI=1S/C12H15N3O2/c16-9-1-2-11-10(7-9)15-12(17-11)14-8-3-5-13-6-4-8/h1-2,7-8,13,16H,3-6H2,(H,14,15). The number of nitrogens with one attached hydrogen (secondary N) is 2. The first-order valence-electron chi connectivity index (χ1n) is 5.88. The van der Waals surface area contributed by atoms with Gasteiger partial charge >= 0.3 is 0 Å². The van der Waals surface area contributed by atoms with E-state index in [4.69, 9.17) is 4.42 Å². The maximum atomic E-state index is 9.35. The number of hydrogen-bond acceptors (Lipinski definition) is 5. The van der Waals surface area contributed by atoms with Gasteiger partial charge in [0.2, 0.25) is 0 Å². The van der Waals surface area contributed by atoms with Crippen LogP contribution in [0, 0.1) is 0 Å². The second-order valence-electron chi connectivity index (χ2n) is 4.34. The minimum absolute atomic E-state index is 0.208. The Balaban J connectivity index is 1.80. The molecule has 0 radical (unpaired) electrons. The third-order valence-corrected chi connectivity index (χ3v) is 3.04. The van der Waals surface area contributed by atoms with Gasteiger partial charge in [0.25, 0.3) is 6.01 Å². The molecule has 0 saturated carbocycles. The lowest BCUT2D eigenvalue weighted by Gasteiger charge is -2.22. The Hall–Kier alpha value is -1.75. The number of anilines is 1. The van der Waals surface area contributed by atoms with Crippen molar-refractivity contribution in [3.8, 4) is 5.75 Å². The molecule has 1 aliphatic rings. The summed E-state index contributed by atoms with van der Waals surface area (Å²) < 4.78 is 5.57. The van der Waals surface area contributed by atoms with Crippen LogP contribution in [0.15, 0.2) is 22.6 Å². The number of nitrogens with zero attached hydrogens (tertiary/aromatic N) is 1. The molecule has 5 heteroatoms. The summed E-state index contributed by atoms with van der Waals surface area (Å²) >= 11 is 0. The van der Waals surface area contributed by atoms with Crippen LogP contribution >= 0.6 is 0 Å². The normalized spacial score (nSPS) is 17.4. The van der Waals surface area contributed by atoms with Gasteiger partial charge < -0.3 is 20.2 Å². The minimum atomic E-state index is 0.208. The Labute approximate surface area is 98.8 Å². The predicted octanol–water partition coefficient (Wildman–Crippen LogP) is 1.70. The molecule has 17 heavy (non-hydrogen) atoms. The summed E-state index contributed by atoms with van der Waals surface area (Å²) in [4.78, 5) is 4.31. The summed E-state index contributed by atoms with van der Waals surface area (Å²) in [5.74, 6) is 0.208. The Kier molecular flexibility index (Phi) is 2.60. The third kappa shape index (κ3) is 2.19. The van der Waals surface area contributed by atoms with Crippen LogP contribution < -0.4 is 10.6 Å². The van der Waals surface area contributed by atoms with Crippen molar-refractivity contribution in [2.45, 2.75) is 18.9 Å². The lowest BCUT2D eigenvalue weighted by molar-refractivity contribution is 0.466. The molecule has 0 aliphatic carbocycles. The van der Waals surface area contributed by atoms with Crippen molar-refractivity contribution < 1.29 is 9.52 Å². The molecule has 3 rings (SSSR count). The number of aromatic hydroxyl groups is 1. The van der Waals surface area contributed by atoms with Gasteiger partial charge in [-0.25, -0.2) is 0 Å². The van der Waals surface area contributed by atoms with Crippen LogP contribution in [-0.2, 0) is 0 Å². The van der Waals surface area contributed by atoms with Gasteiger partial charge in [-0.2, -0.15) is 4.98 Å². The maximum Gasteiger partial charge on any atom is 0.295 e. The lowest BCUT2D eigenvalue weighted by atomic mass is 10.1. The lowest BCUT2D eigenvalue weighted by Crippen LogP contribution is -2.35. The van der Waals surface area contributed by atoms with Gasteiger partial charge in [-0.05, 0) is 38.1 Å². The Morgan fingerprint density at radius 2 is 2.18 bits per heavy atom. The van der Waals surface area contributed by atoms with Gasteiger partial charge in [-0.1, -0.05) is 0 Å². The van der Waals surface area contributed by atoms with Crippen LogP contribution in [0.4, 0.5) is 6.01 Å². The first-order chi connectivity index (χ1) is 8.31. The molecule has 3 N–H and O–H groups in total. The molecule has 0 spiro atoms. The quantitative estimate of drug-likeness (QED) is 0.736. The summed E-state index contributed by atoms with van der Waals surface area (Å²) in [7, 11) is 0. The molecule has 1 aliphatic heterocycles. The molecule has 0 amide bonds. The van der Waals surface area contributed by atoms with E-state index in [0.717, 1.165) is 25.9 Å². The van der Waals surface area contributed by atoms with E-state index in [2.05, 4.69) is 15.6 Å².